The molecule has 0 bridgehead atoms. The van der Waals surface area contributed by atoms with Gasteiger partial charge in [0.05, 0.1) is 6.04 Å². The monoisotopic (exact) mass is 385 g/mol. The van der Waals surface area contributed by atoms with Gasteiger partial charge in [-0.2, -0.15) is 11.3 Å². The average molecular weight is 386 g/mol. The summed E-state index contributed by atoms with van der Waals surface area (Å²) in [4.78, 5) is 26.9. The molecule has 27 heavy (non-hydrogen) atoms. The molecule has 0 saturated carbocycles. The second-order valence-corrected chi connectivity index (χ2v) is 8.04. The zero-order valence-corrected chi connectivity index (χ0v) is 16.7. The highest BCUT2D eigenvalue weighted by molar-refractivity contribution is 7.08. The highest BCUT2D eigenvalue weighted by atomic mass is 32.1. The first-order chi connectivity index (χ1) is 13.0. The Labute approximate surface area is 164 Å². The van der Waals surface area contributed by atoms with Gasteiger partial charge in [0.2, 0.25) is 0 Å². The number of likely N-dealkylation sites (tertiary alicyclic amines) is 1. The first-order valence-corrected chi connectivity index (χ1v) is 10.4. The number of amides is 2. The lowest BCUT2D eigenvalue weighted by Crippen LogP contribution is -2.41. The Kier molecular flexibility index (Phi) is 6.63. The van der Waals surface area contributed by atoms with Crippen LogP contribution in [-0.2, 0) is 9.59 Å². The number of nitrogens with zero attached hydrogens (tertiary/aromatic N) is 1. The van der Waals surface area contributed by atoms with Gasteiger partial charge >= 0.3 is 11.8 Å². The Balaban J connectivity index is 1.56. The van der Waals surface area contributed by atoms with Gasteiger partial charge in [0, 0.05) is 12.2 Å². The van der Waals surface area contributed by atoms with Gasteiger partial charge < -0.3 is 10.6 Å². The quantitative estimate of drug-likeness (QED) is 0.744. The molecule has 1 saturated heterocycles. The number of anilines is 1. The molecule has 1 aliphatic rings. The van der Waals surface area contributed by atoms with Crippen LogP contribution < -0.4 is 10.6 Å². The molecule has 0 aliphatic carbocycles. The maximum absolute atomic E-state index is 12.3. The molecule has 2 heterocycles. The first-order valence-electron chi connectivity index (χ1n) is 9.50. The Bertz CT molecular complexity index is 750. The molecule has 0 unspecified atom stereocenters. The van der Waals surface area contributed by atoms with E-state index >= 15 is 0 Å². The largest absolute Gasteiger partial charge is 0.346 e. The van der Waals surface area contributed by atoms with Crippen LogP contribution >= 0.6 is 11.3 Å². The van der Waals surface area contributed by atoms with Gasteiger partial charge in [0.15, 0.2) is 0 Å². The number of nitrogens with one attached hydrogen (secondary N) is 2. The Hall–Kier alpha value is -2.18. The number of hydrogen-bond donors (Lipinski definition) is 2. The summed E-state index contributed by atoms with van der Waals surface area (Å²) in [5.74, 6) is -0.794. The lowest BCUT2D eigenvalue weighted by atomic mass is 10.0. The van der Waals surface area contributed by atoms with Gasteiger partial charge in [-0.05, 0) is 71.9 Å². The van der Waals surface area contributed by atoms with E-state index in [0.717, 1.165) is 13.1 Å². The van der Waals surface area contributed by atoms with Crippen molar-refractivity contribution in [2.75, 3.05) is 25.0 Å². The standard InChI is InChI=1S/C21H27N3O2S/c1-15(2)16-5-7-18(8-6-16)23-21(26)20(25)22-13-19(17-9-12-27-14-17)24-10-3-4-11-24/h5-9,12,14-15,19H,3-4,10-11,13H2,1-2H3,(H,22,25)(H,23,26)/t19-/m0/s1. The lowest BCUT2D eigenvalue weighted by Gasteiger charge is -2.27. The van der Waals surface area contributed by atoms with Gasteiger partial charge in [0.25, 0.3) is 0 Å². The number of carbonyl (C=O) groups is 2. The van der Waals surface area contributed by atoms with Crippen molar-refractivity contribution in [3.05, 3.63) is 52.2 Å². The van der Waals surface area contributed by atoms with Crippen molar-refractivity contribution in [1.82, 2.24) is 10.2 Å². The van der Waals surface area contributed by atoms with Crippen molar-refractivity contribution >= 4 is 28.8 Å². The third-order valence-corrected chi connectivity index (χ3v) is 5.71. The van der Waals surface area contributed by atoms with Crippen molar-refractivity contribution in [2.45, 2.75) is 38.6 Å². The smallest absolute Gasteiger partial charge is 0.313 e. The van der Waals surface area contributed by atoms with E-state index in [2.05, 4.69) is 40.8 Å². The summed E-state index contributed by atoms with van der Waals surface area (Å²) >= 11 is 1.65. The molecule has 144 valence electrons. The molecular weight excluding hydrogens is 358 g/mol. The zero-order valence-electron chi connectivity index (χ0n) is 15.9. The fraction of sp³-hybridized carbons (Fsp3) is 0.429. The second kappa shape index (κ2) is 9.15. The van der Waals surface area contributed by atoms with Crippen LogP contribution in [0.5, 0.6) is 0 Å². The predicted octanol–water partition coefficient (Wildman–Crippen LogP) is 3.76. The maximum atomic E-state index is 12.3. The molecule has 6 heteroatoms. The van der Waals surface area contributed by atoms with Crippen LogP contribution in [0, 0.1) is 0 Å². The van der Waals surface area contributed by atoms with Gasteiger partial charge in [-0.25, -0.2) is 0 Å². The van der Waals surface area contributed by atoms with Crippen LogP contribution in [-0.4, -0.2) is 36.3 Å². The van der Waals surface area contributed by atoms with Crippen LogP contribution in [0.2, 0.25) is 0 Å². The number of thiophene rings is 1. The number of carbonyl (C=O) groups excluding carboxylic acids is 2. The predicted molar refractivity (Wildman–Crippen MR) is 110 cm³/mol. The van der Waals surface area contributed by atoms with E-state index in [1.54, 1.807) is 11.3 Å². The minimum Gasteiger partial charge on any atom is -0.346 e. The molecule has 1 atom stereocenters. The number of benzene rings is 1. The summed E-state index contributed by atoms with van der Waals surface area (Å²) in [7, 11) is 0. The van der Waals surface area contributed by atoms with Crippen molar-refractivity contribution in [2.24, 2.45) is 0 Å². The van der Waals surface area contributed by atoms with E-state index in [1.807, 2.05) is 29.6 Å². The van der Waals surface area contributed by atoms with Crippen molar-refractivity contribution in [1.29, 1.82) is 0 Å². The molecule has 0 radical (unpaired) electrons. The topological polar surface area (TPSA) is 61.4 Å². The minimum absolute atomic E-state index is 0.126. The Morgan fingerprint density at radius 1 is 1.04 bits per heavy atom. The highest BCUT2D eigenvalue weighted by Crippen LogP contribution is 2.26. The van der Waals surface area contributed by atoms with E-state index in [1.165, 1.54) is 24.0 Å². The number of rotatable bonds is 6. The molecule has 1 aromatic heterocycles. The molecule has 5 nitrogen and oxygen atoms in total. The fourth-order valence-electron chi connectivity index (χ4n) is 3.38. The van der Waals surface area contributed by atoms with Crippen molar-refractivity contribution in [3.63, 3.8) is 0 Å². The van der Waals surface area contributed by atoms with E-state index < -0.39 is 11.8 Å². The van der Waals surface area contributed by atoms with E-state index in [0.29, 0.717) is 18.2 Å². The summed E-state index contributed by atoms with van der Waals surface area (Å²) in [6.45, 7) is 6.74. The van der Waals surface area contributed by atoms with Crippen molar-refractivity contribution < 1.29 is 9.59 Å². The molecule has 0 spiro atoms. The van der Waals surface area contributed by atoms with Crippen LogP contribution in [0.1, 0.15) is 49.8 Å². The SMILES string of the molecule is CC(C)c1ccc(NC(=O)C(=O)NC[C@@H](c2ccsc2)N2CCCC2)cc1. The molecule has 2 amide bonds. The van der Waals surface area contributed by atoms with Gasteiger partial charge in [0.1, 0.15) is 0 Å². The molecule has 3 rings (SSSR count). The lowest BCUT2D eigenvalue weighted by molar-refractivity contribution is -0.136. The van der Waals surface area contributed by atoms with E-state index in [-0.39, 0.29) is 6.04 Å². The molecule has 1 aliphatic heterocycles. The summed E-state index contributed by atoms with van der Waals surface area (Å²) in [6, 6.07) is 9.82. The molecule has 1 fully saturated rings. The van der Waals surface area contributed by atoms with E-state index in [4.69, 9.17) is 0 Å². The average Bonchev–Trinajstić information content (AvgIpc) is 3.36. The highest BCUT2D eigenvalue weighted by Gasteiger charge is 2.25. The summed E-state index contributed by atoms with van der Waals surface area (Å²) in [5, 5.41) is 9.65. The summed E-state index contributed by atoms with van der Waals surface area (Å²) in [5.41, 5.74) is 3.03. The number of hydrogen-bond acceptors (Lipinski definition) is 4. The molecule has 1 aromatic carbocycles. The van der Waals surface area contributed by atoms with Crippen LogP contribution in [0.3, 0.4) is 0 Å². The summed E-state index contributed by atoms with van der Waals surface area (Å²) < 4.78 is 0. The van der Waals surface area contributed by atoms with Crippen molar-refractivity contribution in [3.8, 4) is 0 Å². The van der Waals surface area contributed by atoms with Crippen LogP contribution in [0.25, 0.3) is 0 Å². The normalized spacial score (nSPS) is 15.7. The maximum Gasteiger partial charge on any atom is 0.313 e. The van der Waals surface area contributed by atoms with Gasteiger partial charge in [-0.3, -0.25) is 14.5 Å². The Morgan fingerprint density at radius 2 is 1.74 bits per heavy atom. The van der Waals surface area contributed by atoms with E-state index in [9.17, 15) is 9.59 Å². The van der Waals surface area contributed by atoms with Gasteiger partial charge in [-0.15, -0.1) is 0 Å². The minimum atomic E-state index is -0.627. The fourth-order valence-corrected chi connectivity index (χ4v) is 4.09. The zero-order chi connectivity index (χ0) is 19.2. The Morgan fingerprint density at radius 3 is 2.33 bits per heavy atom. The third-order valence-electron chi connectivity index (χ3n) is 5.01. The van der Waals surface area contributed by atoms with Crippen LogP contribution in [0.4, 0.5) is 5.69 Å². The summed E-state index contributed by atoms with van der Waals surface area (Å²) in [6.07, 6.45) is 2.36. The molecule has 2 N–H and O–H groups in total. The third kappa shape index (κ3) is 5.17. The second-order valence-electron chi connectivity index (χ2n) is 7.26. The van der Waals surface area contributed by atoms with Crippen LogP contribution in [0.15, 0.2) is 41.1 Å². The molecule has 2 aromatic rings. The van der Waals surface area contributed by atoms with Gasteiger partial charge in [-0.1, -0.05) is 26.0 Å². The first kappa shape index (κ1) is 19.6. The molecular formula is C21H27N3O2S.